The highest BCUT2D eigenvalue weighted by Crippen LogP contribution is 2.30. The molecule has 2 N–H and O–H groups in total. The number of nitrogens with two attached hydrogens (primary N) is 1. The molecule has 0 aromatic carbocycles. The van der Waals surface area contributed by atoms with Gasteiger partial charge < -0.3 is 15.4 Å². The Balaban J connectivity index is 2.17. The molecule has 0 aromatic heterocycles. The molecule has 3 nitrogen and oxygen atoms in total. The van der Waals surface area contributed by atoms with Crippen molar-refractivity contribution in [1.29, 1.82) is 0 Å². The van der Waals surface area contributed by atoms with E-state index in [0.29, 0.717) is 0 Å². The molecule has 1 aliphatic rings. The summed E-state index contributed by atoms with van der Waals surface area (Å²) in [6, 6.07) is 0. The quantitative estimate of drug-likeness (QED) is 0.646. The van der Waals surface area contributed by atoms with Gasteiger partial charge in [0.1, 0.15) is 0 Å². The van der Waals surface area contributed by atoms with Crippen molar-refractivity contribution in [3.8, 4) is 0 Å². The number of rotatable bonds is 8. The first-order valence-electron chi connectivity index (χ1n) is 6.79. The van der Waals surface area contributed by atoms with Crippen LogP contribution in [0.15, 0.2) is 0 Å². The minimum Gasteiger partial charge on any atom is -0.380 e. The van der Waals surface area contributed by atoms with Crippen molar-refractivity contribution in [2.75, 3.05) is 32.8 Å². The fourth-order valence-electron chi connectivity index (χ4n) is 2.48. The molecule has 96 valence electrons. The first kappa shape index (κ1) is 13.9. The number of likely N-dealkylation sites (N-methyl/N-ethyl adjacent to an activating group) is 1. The van der Waals surface area contributed by atoms with Crippen molar-refractivity contribution in [2.45, 2.75) is 51.5 Å². The van der Waals surface area contributed by atoms with E-state index in [1.165, 1.54) is 25.7 Å². The van der Waals surface area contributed by atoms with Crippen molar-refractivity contribution >= 4 is 0 Å². The highest BCUT2D eigenvalue weighted by molar-refractivity contribution is 4.89. The molecule has 0 spiro atoms. The molecule has 1 rings (SSSR count). The molecule has 0 saturated heterocycles. The normalized spacial score (nSPS) is 19.5. The van der Waals surface area contributed by atoms with Gasteiger partial charge in [-0.1, -0.05) is 19.8 Å². The largest absolute Gasteiger partial charge is 0.380 e. The number of hydrogen-bond acceptors (Lipinski definition) is 3. The summed E-state index contributed by atoms with van der Waals surface area (Å²) in [7, 11) is 0. The molecule has 0 atom stereocenters. The van der Waals surface area contributed by atoms with Crippen LogP contribution in [-0.2, 0) is 4.74 Å². The van der Waals surface area contributed by atoms with Gasteiger partial charge in [-0.3, -0.25) is 0 Å². The maximum atomic E-state index is 6.36. The summed E-state index contributed by atoms with van der Waals surface area (Å²) in [6.07, 6.45) is 6.22. The third-order valence-corrected chi connectivity index (χ3v) is 3.73. The molecule has 0 heterocycles. The van der Waals surface area contributed by atoms with Gasteiger partial charge in [-0.15, -0.1) is 0 Å². The van der Waals surface area contributed by atoms with Crippen LogP contribution in [0.5, 0.6) is 0 Å². The Hall–Kier alpha value is -0.120. The van der Waals surface area contributed by atoms with Gasteiger partial charge in [0.25, 0.3) is 0 Å². The predicted octanol–water partition coefficient (Wildman–Crippen LogP) is 2.01. The molecule has 0 aliphatic heterocycles. The van der Waals surface area contributed by atoms with Crippen molar-refractivity contribution in [2.24, 2.45) is 5.73 Å². The summed E-state index contributed by atoms with van der Waals surface area (Å²) in [5.41, 5.74) is 6.50. The van der Waals surface area contributed by atoms with E-state index in [1.54, 1.807) is 0 Å². The fraction of sp³-hybridized carbons (Fsp3) is 1.00. The van der Waals surface area contributed by atoms with Crippen molar-refractivity contribution in [3.05, 3.63) is 0 Å². The molecule has 16 heavy (non-hydrogen) atoms. The summed E-state index contributed by atoms with van der Waals surface area (Å²) in [5, 5.41) is 0. The lowest BCUT2D eigenvalue weighted by molar-refractivity contribution is 0.112. The monoisotopic (exact) mass is 228 g/mol. The lowest BCUT2D eigenvalue weighted by Gasteiger charge is -2.28. The van der Waals surface area contributed by atoms with Crippen LogP contribution in [0.4, 0.5) is 0 Å². The summed E-state index contributed by atoms with van der Waals surface area (Å²) < 4.78 is 5.39. The molecule has 0 unspecified atom stereocenters. The molecule has 1 fully saturated rings. The van der Waals surface area contributed by atoms with E-state index in [4.69, 9.17) is 10.5 Å². The Morgan fingerprint density at radius 2 is 1.88 bits per heavy atom. The maximum absolute atomic E-state index is 6.36. The highest BCUT2D eigenvalue weighted by Gasteiger charge is 2.29. The first-order valence-corrected chi connectivity index (χ1v) is 6.79. The van der Waals surface area contributed by atoms with Gasteiger partial charge in [-0.25, -0.2) is 0 Å². The van der Waals surface area contributed by atoms with E-state index in [-0.39, 0.29) is 5.54 Å². The van der Waals surface area contributed by atoms with E-state index in [2.05, 4.69) is 11.8 Å². The second-order valence-electron chi connectivity index (χ2n) is 4.95. The zero-order valence-electron chi connectivity index (χ0n) is 11.0. The standard InChI is InChI=1S/C13H28N2O/c1-3-15(11-12-16-4-2)10-9-13(14)7-5-6-8-13/h3-12,14H2,1-2H3. The van der Waals surface area contributed by atoms with Crippen LogP contribution in [-0.4, -0.2) is 43.3 Å². The number of nitrogens with zero attached hydrogens (tertiary/aromatic N) is 1. The van der Waals surface area contributed by atoms with Crippen LogP contribution in [0.25, 0.3) is 0 Å². The Labute approximate surface area is 100 Å². The summed E-state index contributed by atoms with van der Waals surface area (Å²) >= 11 is 0. The SMILES string of the molecule is CCOCCN(CC)CCC1(N)CCCC1. The second-order valence-corrected chi connectivity index (χ2v) is 4.95. The predicted molar refractivity (Wildman–Crippen MR) is 68.6 cm³/mol. The molecule has 0 aromatic rings. The van der Waals surface area contributed by atoms with Crippen molar-refractivity contribution in [3.63, 3.8) is 0 Å². The smallest absolute Gasteiger partial charge is 0.0593 e. The molecule has 1 saturated carbocycles. The Morgan fingerprint density at radius 3 is 2.44 bits per heavy atom. The van der Waals surface area contributed by atoms with Crippen LogP contribution in [0.3, 0.4) is 0 Å². The number of hydrogen-bond donors (Lipinski definition) is 1. The Bertz CT molecular complexity index is 179. The zero-order valence-corrected chi connectivity index (χ0v) is 11.0. The summed E-state index contributed by atoms with van der Waals surface area (Å²) in [4.78, 5) is 2.45. The Kier molecular flexibility index (Phi) is 6.32. The maximum Gasteiger partial charge on any atom is 0.0593 e. The Morgan fingerprint density at radius 1 is 1.19 bits per heavy atom. The van der Waals surface area contributed by atoms with Gasteiger partial charge in [-0.2, -0.15) is 0 Å². The van der Waals surface area contributed by atoms with Gasteiger partial charge in [0.2, 0.25) is 0 Å². The van der Waals surface area contributed by atoms with E-state index < -0.39 is 0 Å². The first-order chi connectivity index (χ1) is 7.70. The number of ether oxygens (including phenoxy) is 1. The summed E-state index contributed by atoms with van der Waals surface area (Å²) in [5.74, 6) is 0. The van der Waals surface area contributed by atoms with Gasteiger partial charge >= 0.3 is 0 Å². The van der Waals surface area contributed by atoms with Crippen LogP contribution < -0.4 is 5.73 Å². The lowest BCUT2D eigenvalue weighted by atomic mass is 9.94. The third-order valence-electron chi connectivity index (χ3n) is 3.73. The van der Waals surface area contributed by atoms with E-state index >= 15 is 0 Å². The fourth-order valence-corrected chi connectivity index (χ4v) is 2.48. The lowest BCUT2D eigenvalue weighted by Crippen LogP contribution is -2.41. The molecule has 3 heteroatoms. The van der Waals surface area contributed by atoms with Crippen molar-refractivity contribution < 1.29 is 4.74 Å². The molecule has 0 radical (unpaired) electrons. The molecule has 0 amide bonds. The third kappa shape index (κ3) is 4.81. The molecule has 1 aliphatic carbocycles. The van der Waals surface area contributed by atoms with E-state index in [0.717, 1.165) is 39.3 Å². The average Bonchev–Trinajstić information content (AvgIpc) is 2.71. The van der Waals surface area contributed by atoms with Gasteiger partial charge in [0.05, 0.1) is 6.61 Å². The van der Waals surface area contributed by atoms with Crippen LogP contribution >= 0.6 is 0 Å². The van der Waals surface area contributed by atoms with Gasteiger partial charge in [0.15, 0.2) is 0 Å². The second kappa shape index (κ2) is 7.25. The summed E-state index contributed by atoms with van der Waals surface area (Å²) in [6.45, 7) is 9.19. The molecule has 0 bridgehead atoms. The minimum absolute atomic E-state index is 0.138. The van der Waals surface area contributed by atoms with E-state index in [1.807, 2.05) is 6.92 Å². The van der Waals surface area contributed by atoms with Crippen LogP contribution in [0.2, 0.25) is 0 Å². The van der Waals surface area contributed by atoms with Gasteiger partial charge in [-0.05, 0) is 39.3 Å². The zero-order chi connectivity index (χ0) is 11.9. The van der Waals surface area contributed by atoms with Crippen LogP contribution in [0.1, 0.15) is 46.0 Å². The highest BCUT2D eigenvalue weighted by atomic mass is 16.5. The minimum atomic E-state index is 0.138. The van der Waals surface area contributed by atoms with E-state index in [9.17, 15) is 0 Å². The topological polar surface area (TPSA) is 38.5 Å². The van der Waals surface area contributed by atoms with Crippen LogP contribution in [0, 0.1) is 0 Å². The average molecular weight is 228 g/mol. The van der Waals surface area contributed by atoms with Gasteiger partial charge in [0, 0.05) is 18.7 Å². The molecular formula is C13H28N2O. The molecular weight excluding hydrogens is 200 g/mol. The van der Waals surface area contributed by atoms with Crippen molar-refractivity contribution in [1.82, 2.24) is 4.90 Å².